The van der Waals surface area contributed by atoms with Gasteiger partial charge in [-0.1, -0.05) is 50.3 Å². The Morgan fingerprint density at radius 3 is 2.53 bits per heavy atom. The largest absolute Gasteiger partial charge is 0.502 e. The van der Waals surface area contributed by atoms with E-state index in [0.29, 0.717) is 11.1 Å². The molecule has 7 nitrogen and oxygen atoms in total. The summed E-state index contributed by atoms with van der Waals surface area (Å²) in [5, 5.41) is 12.4. The highest BCUT2D eigenvalue weighted by Crippen LogP contribution is 2.39. The molecule has 0 aliphatic carbocycles. The number of amides is 1. The molecule has 1 aromatic heterocycles. The van der Waals surface area contributed by atoms with Crippen LogP contribution in [0.5, 0.6) is 11.5 Å². The highest BCUT2D eigenvalue weighted by Gasteiger charge is 2.40. The number of ether oxygens (including phenoxy) is 1. The fourth-order valence-electron chi connectivity index (χ4n) is 4.86. The molecule has 2 aliphatic rings. The first kappa shape index (κ1) is 23.6. The van der Waals surface area contributed by atoms with Crippen LogP contribution in [0.15, 0.2) is 71.7 Å². The SMILES string of the molecule is CC(C)[C@@H]1/C=C/COc2c(ccc(F)c2F)[C@@H](c2ccccc2)N2CN1C(=O)c1c(O)c(=O)ccn12. The topological polar surface area (TPSA) is 75.0 Å². The van der Waals surface area contributed by atoms with Crippen LogP contribution >= 0.6 is 0 Å². The zero-order valence-electron chi connectivity index (χ0n) is 19.8. The molecule has 1 N–H and O–H groups in total. The van der Waals surface area contributed by atoms with Gasteiger partial charge in [0.1, 0.15) is 19.3 Å². The van der Waals surface area contributed by atoms with Crippen LogP contribution in [0.3, 0.4) is 0 Å². The Balaban J connectivity index is 1.85. The number of pyridine rings is 1. The summed E-state index contributed by atoms with van der Waals surface area (Å²) >= 11 is 0. The van der Waals surface area contributed by atoms with Gasteiger partial charge in [-0.25, -0.2) is 4.39 Å². The van der Waals surface area contributed by atoms with Gasteiger partial charge in [-0.3, -0.25) is 19.3 Å². The van der Waals surface area contributed by atoms with Crippen molar-refractivity contribution in [1.82, 2.24) is 9.58 Å². The van der Waals surface area contributed by atoms with Gasteiger partial charge in [0.15, 0.2) is 23.0 Å². The first-order valence-corrected chi connectivity index (χ1v) is 11.6. The molecule has 0 fully saturated rings. The zero-order valence-corrected chi connectivity index (χ0v) is 19.8. The second-order valence-corrected chi connectivity index (χ2v) is 9.14. The van der Waals surface area contributed by atoms with Crippen LogP contribution < -0.4 is 15.2 Å². The van der Waals surface area contributed by atoms with Gasteiger partial charge in [0.05, 0.1) is 6.04 Å². The van der Waals surface area contributed by atoms with Crippen LogP contribution in [-0.2, 0) is 0 Å². The highest BCUT2D eigenvalue weighted by molar-refractivity contribution is 5.96. The number of nitrogens with zero attached hydrogens (tertiary/aromatic N) is 3. The first-order chi connectivity index (χ1) is 17.3. The normalized spacial score (nSPS) is 20.3. The second kappa shape index (κ2) is 9.14. The van der Waals surface area contributed by atoms with E-state index in [2.05, 4.69) is 0 Å². The van der Waals surface area contributed by atoms with E-state index in [-0.39, 0.29) is 30.6 Å². The van der Waals surface area contributed by atoms with E-state index in [1.54, 1.807) is 22.1 Å². The van der Waals surface area contributed by atoms with Crippen molar-refractivity contribution in [1.29, 1.82) is 0 Å². The van der Waals surface area contributed by atoms with E-state index < -0.39 is 40.8 Å². The fraction of sp³-hybridized carbons (Fsp3) is 0.259. The zero-order chi connectivity index (χ0) is 25.6. The van der Waals surface area contributed by atoms with Crippen molar-refractivity contribution in [3.8, 4) is 11.5 Å². The average molecular weight is 494 g/mol. The van der Waals surface area contributed by atoms with Gasteiger partial charge >= 0.3 is 0 Å². The minimum absolute atomic E-state index is 0.0383. The fourth-order valence-corrected chi connectivity index (χ4v) is 4.86. The molecule has 2 bridgehead atoms. The van der Waals surface area contributed by atoms with E-state index in [1.807, 2.05) is 44.2 Å². The van der Waals surface area contributed by atoms with Crippen molar-refractivity contribution in [2.75, 3.05) is 18.3 Å². The predicted octanol–water partition coefficient (Wildman–Crippen LogP) is 3.95. The van der Waals surface area contributed by atoms with Gasteiger partial charge in [-0.2, -0.15) is 4.39 Å². The maximum Gasteiger partial charge on any atom is 0.278 e. The van der Waals surface area contributed by atoms with Crippen molar-refractivity contribution in [3.05, 3.63) is 106 Å². The third-order valence-corrected chi connectivity index (χ3v) is 6.58. The average Bonchev–Trinajstić information content (AvgIpc) is 2.89. The standard InChI is InChI=1S/C27H25F2N3O4/c1-16(2)20-9-6-14-36-26-18(10-11-19(28)22(26)29)23(17-7-4-3-5-8-17)32-15-30(20)27(35)24-25(34)21(33)12-13-31(24)32/h3-13,16,20,23,34H,14-15H2,1-2H3/b9-6+/t20-,23+/m0/s1. The number of fused-ring (bicyclic) bond motifs is 5. The predicted molar refractivity (Wildman–Crippen MR) is 130 cm³/mol. The Morgan fingerprint density at radius 2 is 1.81 bits per heavy atom. The smallest absolute Gasteiger partial charge is 0.278 e. The lowest BCUT2D eigenvalue weighted by Crippen LogP contribution is -2.58. The van der Waals surface area contributed by atoms with Crippen molar-refractivity contribution in [3.63, 3.8) is 0 Å². The molecule has 0 radical (unpaired) electrons. The molecular formula is C27H25F2N3O4. The number of aromatic nitrogens is 1. The molecule has 0 saturated heterocycles. The number of hydrogen-bond donors (Lipinski definition) is 1. The number of halogens is 2. The van der Waals surface area contributed by atoms with E-state index in [1.165, 1.54) is 16.9 Å². The lowest BCUT2D eigenvalue weighted by Gasteiger charge is -2.46. The molecule has 2 aromatic carbocycles. The maximum absolute atomic E-state index is 15.1. The number of benzene rings is 2. The molecule has 2 aliphatic heterocycles. The monoisotopic (exact) mass is 493 g/mol. The number of carbonyl (C=O) groups excluding carboxylic acids is 1. The summed E-state index contributed by atoms with van der Waals surface area (Å²) in [6, 6.07) is 11.6. The molecule has 0 unspecified atom stereocenters. The summed E-state index contributed by atoms with van der Waals surface area (Å²) in [5.74, 6) is -3.63. The first-order valence-electron chi connectivity index (χ1n) is 11.6. The third kappa shape index (κ3) is 3.80. The summed E-state index contributed by atoms with van der Waals surface area (Å²) in [6.45, 7) is 3.88. The Kier molecular flexibility index (Phi) is 5.99. The lowest BCUT2D eigenvalue weighted by molar-refractivity contribution is 0.0588. The van der Waals surface area contributed by atoms with Gasteiger partial charge < -0.3 is 14.7 Å². The number of carbonyl (C=O) groups is 1. The lowest BCUT2D eigenvalue weighted by atomic mass is 9.96. The molecule has 3 heterocycles. The van der Waals surface area contributed by atoms with Gasteiger partial charge in [0.25, 0.3) is 5.91 Å². The van der Waals surface area contributed by atoms with Crippen LogP contribution in [0.4, 0.5) is 8.78 Å². The van der Waals surface area contributed by atoms with E-state index in [0.717, 1.165) is 12.1 Å². The number of rotatable bonds is 2. The molecule has 5 rings (SSSR count). The summed E-state index contributed by atoms with van der Waals surface area (Å²) in [4.78, 5) is 27.6. The van der Waals surface area contributed by atoms with Crippen molar-refractivity contribution in [2.45, 2.75) is 25.9 Å². The second-order valence-electron chi connectivity index (χ2n) is 9.14. The highest BCUT2D eigenvalue weighted by atomic mass is 19.2. The van der Waals surface area contributed by atoms with Crippen molar-refractivity contribution in [2.24, 2.45) is 5.92 Å². The summed E-state index contributed by atoms with van der Waals surface area (Å²) < 4.78 is 36.6. The number of hydrogen-bond acceptors (Lipinski definition) is 5. The van der Waals surface area contributed by atoms with Crippen LogP contribution in [0.2, 0.25) is 0 Å². The minimum Gasteiger partial charge on any atom is -0.502 e. The Labute approximate surface area is 206 Å². The van der Waals surface area contributed by atoms with Crippen LogP contribution in [0.25, 0.3) is 0 Å². The van der Waals surface area contributed by atoms with Crippen LogP contribution in [-0.4, -0.2) is 39.9 Å². The Hall–Kier alpha value is -4.14. The van der Waals surface area contributed by atoms with Gasteiger partial charge in [-0.05, 0) is 29.7 Å². The minimum atomic E-state index is -1.12. The number of aromatic hydroxyl groups is 1. The van der Waals surface area contributed by atoms with E-state index >= 15 is 4.39 Å². The molecule has 36 heavy (non-hydrogen) atoms. The molecule has 0 saturated carbocycles. The summed E-state index contributed by atoms with van der Waals surface area (Å²) in [6.07, 6.45) is 4.84. The Morgan fingerprint density at radius 1 is 1.06 bits per heavy atom. The van der Waals surface area contributed by atoms with Gasteiger partial charge in [-0.15, -0.1) is 0 Å². The molecule has 1 amide bonds. The quantitative estimate of drug-likeness (QED) is 0.548. The Bertz CT molecular complexity index is 1400. The van der Waals surface area contributed by atoms with Crippen LogP contribution in [0.1, 0.15) is 41.5 Å². The van der Waals surface area contributed by atoms with Crippen molar-refractivity contribution < 1.29 is 23.4 Å². The molecule has 2 atom stereocenters. The third-order valence-electron chi connectivity index (χ3n) is 6.58. The van der Waals surface area contributed by atoms with Crippen molar-refractivity contribution >= 4 is 5.91 Å². The maximum atomic E-state index is 15.1. The van der Waals surface area contributed by atoms with Crippen LogP contribution in [0, 0.1) is 17.6 Å². The molecule has 0 spiro atoms. The summed E-state index contributed by atoms with van der Waals surface area (Å²) in [5.41, 5.74) is 0.151. The molecular weight excluding hydrogens is 468 g/mol. The molecule has 9 heteroatoms. The molecule has 186 valence electrons. The molecule has 3 aromatic rings. The van der Waals surface area contributed by atoms with E-state index in [9.17, 15) is 19.1 Å². The summed E-state index contributed by atoms with van der Waals surface area (Å²) in [7, 11) is 0. The van der Waals surface area contributed by atoms with Gasteiger partial charge in [0.2, 0.25) is 11.2 Å². The van der Waals surface area contributed by atoms with E-state index in [4.69, 9.17) is 4.74 Å². The van der Waals surface area contributed by atoms with Gasteiger partial charge in [0, 0.05) is 17.8 Å².